The number of anilines is 2. The first-order valence-corrected chi connectivity index (χ1v) is 13.1. The Morgan fingerprint density at radius 1 is 0.947 bits per heavy atom. The molecule has 5 aromatic rings. The average Bonchev–Trinajstić information content (AvgIpc) is 3.52. The van der Waals surface area contributed by atoms with Crippen LogP contribution in [0.25, 0.3) is 44.3 Å². The molecule has 1 aliphatic rings. The van der Waals surface area contributed by atoms with Crippen molar-refractivity contribution in [3.05, 3.63) is 55.1 Å². The van der Waals surface area contributed by atoms with Crippen molar-refractivity contribution < 1.29 is 4.79 Å². The van der Waals surface area contributed by atoms with Gasteiger partial charge in [0, 0.05) is 55.1 Å². The topological polar surface area (TPSA) is 106 Å². The van der Waals surface area contributed by atoms with Crippen molar-refractivity contribution in [2.75, 3.05) is 43.4 Å². The molecule has 0 spiro atoms. The molecule has 0 aliphatic carbocycles. The van der Waals surface area contributed by atoms with E-state index in [4.69, 9.17) is 0 Å². The number of H-pyrrole nitrogens is 2. The molecule has 0 radical (unpaired) electrons. The second-order valence-corrected chi connectivity index (χ2v) is 10.5. The number of carbonyl (C=O) groups excluding carboxylic acids is 1. The lowest BCUT2D eigenvalue weighted by Crippen LogP contribution is -2.44. The number of pyridine rings is 2. The molecule has 1 saturated heterocycles. The minimum absolute atomic E-state index is 0.00392. The van der Waals surface area contributed by atoms with Gasteiger partial charge in [-0.3, -0.25) is 19.9 Å². The summed E-state index contributed by atoms with van der Waals surface area (Å²) in [4.78, 5) is 29.4. The summed E-state index contributed by atoms with van der Waals surface area (Å²) in [5, 5.41) is 13.0. The van der Waals surface area contributed by atoms with Gasteiger partial charge in [0.15, 0.2) is 0 Å². The maximum atomic E-state index is 12.3. The lowest BCUT2D eigenvalue weighted by atomic mass is 10.0. The normalized spacial score (nSPS) is 14.6. The van der Waals surface area contributed by atoms with Crippen LogP contribution in [-0.2, 0) is 4.79 Å². The number of hydrogen-bond donors (Lipinski definition) is 3. The number of likely N-dealkylation sites (N-methyl/N-ethyl adjacent to an activating group) is 1. The predicted octanol–water partition coefficient (Wildman–Crippen LogP) is 4.90. The van der Waals surface area contributed by atoms with E-state index in [1.807, 2.05) is 50.6 Å². The summed E-state index contributed by atoms with van der Waals surface area (Å²) in [7, 11) is 2.16. The van der Waals surface area contributed by atoms with Crippen molar-refractivity contribution in [2.24, 2.45) is 5.92 Å². The quantitative estimate of drug-likeness (QED) is 0.301. The molecule has 1 aromatic carbocycles. The highest BCUT2D eigenvalue weighted by Crippen LogP contribution is 2.35. The second kappa shape index (κ2) is 9.90. The van der Waals surface area contributed by atoms with Gasteiger partial charge in [-0.1, -0.05) is 19.9 Å². The summed E-state index contributed by atoms with van der Waals surface area (Å²) in [5.74, 6) is 0.293. The van der Waals surface area contributed by atoms with Crippen LogP contribution in [0.15, 0.2) is 55.1 Å². The number of aromatic nitrogens is 5. The molecule has 4 aromatic heterocycles. The molecule has 0 atom stereocenters. The summed E-state index contributed by atoms with van der Waals surface area (Å²) < 4.78 is 0. The van der Waals surface area contributed by atoms with Crippen molar-refractivity contribution in [2.45, 2.75) is 20.3 Å². The molecule has 3 N–H and O–H groups in total. The highest BCUT2D eigenvalue weighted by molar-refractivity contribution is 6.00. The number of nitrogens with one attached hydrogen (secondary N) is 3. The van der Waals surface area contributed by atoms with Crippen LogP contribution in [0.1, 0.15) is 20.3 Å². The van der Waals surface area contributed by atoms with E-state index >= 15 is 0 Å². The monoisotopic (exact) mass is 508 g/mol. The highest BCUT2D eigenvalue weighted by Gasteiger charge is 2.19. The predicted molar refractivity (Wildman–Crippen MR) is 152 cm³/mol. The molecular weight excluding hydrogens is 476 g/mol. The van der Waals surface area contributed by atoms with E-state index < -0.39 is 0 Å². The fourth-order valence-electron chi connectivity index (χ4n) is 5.11. The number of rotatable bonds is 6. The number of benzene rings is 1. The van der Waals surface area contributed by atoms with E-state index in [-0.39, 0.29) is 5.91 Å². The van der Waals surface area contributed by atoms with E-state index in [2.05, 4.69) is 59.4 Å². The Kier molecular flexibility index (Phi) is 6.29. The first kappa shape index (κ1) is 24.1. The zero-order valence-corrected chi connectivity index (χ0v) is 22.0. The van der Waals surface area contributed by atoms with Gasteiger partial charge in [-0.25, -0.2) is 0 Å². The third-order valence-corrected chi connectivity index (χ3v) is 7.14. The third-order valence-electron chi connectivity index (χ3n) is 7.14. The first-order chi connectivity index (χ1) is 18.4. The van der Waals surface area contributed by atoms with Crippen molar-refractivity contribution in [1.29, 1.82) is 0 Å². The maximum Gasteiger partial charge on any atom is 0.224 e. The van der Waals surface area contributed by atoms with E-state index in [1.54, 1.807) is 6.20 Å². The van der Waals surface area contributed by atoms with Crippen molar-refractivity contribution in [3.63, 3.8) is 0 Å². The third kappa shape index (κ3) is 4.72. The molecule has 0 saturated carbocycles. The van der Waals surface area contributed by atoms with Crippen LogP contribution >= 0.6 is 0 Å². The Hall–Kier alpha value is -4.24. The second-order valence-electron chi connectivity index (χ2n) is 10.5. The summed E-state index contributed by atoms with van der Waals surface area (Å²) in [6.45, 7) is 8.11. The van der Waals surface area contributed by atoms with Gasteiger partial charge in [0.2, 0.25) is 5.91 Å². The molecule has 0 unspecified atom stereocenters. The van der Waals surface area contributed by atoms with Gasteiger partial charge < -0.3 is 20.1 Å². The van der Waals surface area contributed by atoms with Crippen LogP contribution < -0.4 is 10.2 Å². The summed E-state index contributed by atoms with van der Waals surface area (Å²) >= 11 is 0. The SMILES string of the molecule is CC(C)CC(=O)Nc1cncc(-c2ccc3[nH]nc(-c4cc5c(N6CCN(C)CC6)cncc5[nH]4)c3c2)c1. The fraction of sp³-hybridized carbons (Fsp3) is 0.310. The molecule has 5 heterocycles. The molecule has 1 aliphatic heterocycles. The van der Waals surface area contributed by atoms with Crippen LogP contribution in [0.4, 0.5) is 11.4 Å². The lowest BCUT2D eigenvalue weighted by molar-refractivity contribution is -0.116. The highest BCUT2D eigenvalue weighted by atomic mass is 16.1. The Morgan fingerprint density at radius 3 is 2.58 bits per heavy atom. The number of fused-ring (bicyclic) bond motifs is 2. The Bertz CT molecular complexity index is 1610. The average molecular weight is 509 g/mol. The minimum atomic E-state index is -0.00392. The maximum absolute atomic E-state index is 12.3. The van der Waals surface area contributed by atoms with Gasteiger partial charge in [-0.15, -0.1) is 0 Å². The van der Waals surface area contributed by atoms with Gasteiger partial charge >= 0.3 is 0 Å². The zero-order valence-electron chi connectivity index (χ0n) is 22.0. The molecule has 1 fully saturated rings. The number of nitrogens with zero attached hydrogens (tertiary/aromatic N) is 5. The van der Waals surface area contributed by atoms with E-state index in [0.29, 0.717) is 18.0 Å². The molecule has 0 bridgehead atoms. The lowest BCUT2D eigenvalue weighted by Gasteiger charge is -2.34. The van der Waals surface area contributed by atoms with E-state index in [9.17, 15) is 4.79 Å². The smallest absolute Gasteiger partial charge is 0.224 e. The first-order valence-electron chi connectivity index (χ1n) is 13.1. The van der Waals surface area contributed by atoms with Gasteiger partial charge in [-0.2, -0.15) is 5.10 Å². The fourth-order valence-corrected chi connectivity index (χ4v) is 5.11. The number of carbonyl (C=O) groups is 1. The van der Waals surface area contributed by atoms with Crippen LogP contribution in [0.2, 0.25) is 0 Å². The van der Waals surface area contributed by atoms with Crippen molar-refractivity contribution in [1.82, 2.24) is 30.0 Å². The van der Waals surface area contributed by atoms with E-state index in [0.717, 1.165) is 76.2 Å². The molecule has 194 valence electrons. The number of hydrogen-bond acceptors (Lipinski definition) is 6. The largest absolute Gasteiger partial charge is 0.367 e. The number of piperazine rings is 1. The van der Waals surface area contributed by atoms with Gasteiger partial charge in [-0.05, 0) is 42.8 Å². The molecule has 6 rings (SSSR count). The van der Waals surface area contributed by atoms with Crippen LogP contribution in [0.5, 0.6) is 0 Å². The van der Waals surface area contributed by atoms with Crippen molar-refractivity contribution >= 4 is 39.1 Å². The summed E-state index contributed by atoms with van der Waals surface area (Å²) in [5.41, 5.74) is 7.53. The molecular formula is C29H32N8O. The standard InChI is InChI=1S/C29H32N8O/c1-18(2)10-28(38)32-21-11-20(14-30-15-21)19-4-5-24-23(12-19)29(35-34-24)25-13-22-26(33-25)16-31-17-27(22)37-8-6-36(3)7-9-37/h4-5,11-18,33H,6-10H2,1-3H3,(H,32,38)(H,34,35). The Balaban J connectivity index is 1.34. The summed E-state index contributed by atoms with van der Waals surface area (Å²) in [6.07, 6.45) is 7.82. The molecule has 38 heavy (non-hydrogen) atoms. The molecule has 9 nitrogen and oxygen atoms in total. The Morgan fingerprint density at radius 2 is 1.76 bits per heavy atom. The minimum Gasteiger partial charge on any atom is -0.367 e. The molecule has 1 amide bonds. The van der Waals surface area contributed by atoms with Gasteiger partial charge in [0.05, 0.1) is 46.7 Å². The van der Waals surface area contributed by atoms with Crippen LogP contribution in [-0.4, -0.2) is 69.2 Å². The molecule has 9 heteroatoms. The zero-order chi connectivity index (χ0) is 26.2. The van der Waals surface area contributed by atoms with Crippen molar-refractivity contribution in [3.8, 4) is 22.5 Å². The number of aromatic amines is 2. The van der Waals surface area contributed by atoms with Gasteiger partial charge in [0.25, 0.3) is 0 Å². The van der Waals surface area contributed by atoms with E-state index in [1.165, 1.54) is 0 Å². The Labute approximate surface area is 221 Å². The summed E-state index contributed by atoms with van der Waals surface area (Å²) in [6, 6.07) is 10.3. The van der Waals surface area contributed by atoms with Crippen LogP contribution in [0.3, 0.4) is 0 Å². The van der Waals surface area contributed by atoms with Crippen LogP contribution in [0, 0.1) is 5.92 Å². The van der Waals surface area contributed by atoms with Gasteiger partial charge in [0.1, 0.15) is 5.69 Å². The number of amides is 1.